The van der Waals surface area contributed by atoms with Gasteiger partial charge in [0.05, 0.1) is 0 Å². The highest BCUT2D eigenvalue weighted by molar-refractivity contribution is 5.93. The number of anilines is 1. The number of hydrogen-bond acceptors (Lipinski definition) is 2. The normalized spacial score (nSPS) is 20.7. The quantitative estimate of drug-likeness (QED) is 0.867. The molecule has 132 valence electrons. The van der Waals surface area contributed by atoms with Crippen LogP contribution in [0.15, 0.2) is 42.6 Å². The second-order valence-electron chi connectivity index (χ2n) is 7.03. The van der Waals surface area contributed by atoms with Gasteiger partial charge in [0.2, 0.25) is 0 Å². The average molecular weight is 338 g/mol. The van der Waals surface area contributed by atoms with Crippen molar-refractivity contribution in [1.82, 2.24) is 14.4 Å². The molecule has 5 heteroatoms. The van der Waals surface area contributed by atoms with Gasteiger partial charge in [0, 0.05) is 61.6 Å². The molecule has 1 fully saturated rings. The number of nitrogens with one attached hydrogen (secondary N) is 1. The van der Waals surface area contributed by atoms with E-state index in [0.29, 0.717) is 6.04 Å². The van der Waals surface area contributed by atoms with Crippen molar-refractivity contribution in [3.63, 3.8) is 0 Å². The summed E-state index contributed by atoms with van der Waals surface area (Å²) in [6, 6.07) is 8.80. The Kier molecular flexibility index (Phi) is 4.49. The van der Waals surface area contributed by atoms with E-state index in [1.165, 1.54) is 10.9 Å². The summed E-state index contributed by atoms with van der Waals surface area (Å²) in [4.78, 5) is 17.0. The molecule has 1 unspecified atom stereocenters. The minimum atomic E-state index is 0.0157. The summed E-state index contributed by atoms with van der Waals surface area (Å²) in [7, 11) is 0. The van der Waals surface area contributed by atoms with Crippen molar-refractivity contribution in [3.8, 4) is 0 Å². The number of aromatic nitrogens is 1. The maximum atomic E-state index is 12.6. The Labute approximate surface area is 148 Å². The number of carbonyl (C=O) groups is 1. The van der Waals surface area contributed by atoms with E-state index in [0.717, 1.165) is 51.3 Å². The van der Waals surface area contributed by atoms with Crippen LogP contribution in [0.25, 0.3) is 10.9 Å². The van der Waals surface area contributed by atoms with Gasteiger partial charge in [0.25, 0.3) is 0 Å². The summed E-state index contributed by atoms with van der Waals surface area (Å²) in [5.41, 5.74) is 2.10. The molecule has 4 rings (SSSR count). The summed E-state index contributed by atoms with van der Waals surface area (Å²) >= 11 is 0. The van der Waals surface area contributed by atoms with Crippen LogP contribution in [0.1, 0.15) is 19.8 Å². The molecule has 1 atom stereocenters. The number of carbonyl (C=O) groups excluding carboxylic acids is 1. The lowest BCUT2D eigenvalue weighted by atomic mass is 10.2. The zero-order valence-corrected chi connectivity index (χ0v) is 14.8. The predicted molar refractivity (Wildman–Crippen MR) is 102 cm³/mol. The molecule has 2 amide bonds. The van der Waals surface area contributed by atoms with Crippen LogP contribution in [0.5, 0.6) is 0 Å². The molecule has 0 aliphatic carbocycles. The Morgan fingerprint density at radius 1 is 1.24 bits per heavy atom. The van der Waals surface area contributed by atoms with Crippen molar-refractivity contribution in [3.05, 3.63) is 42.6 Å². The molecule has 0 spiro atoms. The first-order valence-electron chi connectivity index (χ1n) is 9.28. The fourth-order valence-electron chi connectivity index (χ4n) is 3.93. The van der Waals surface area contributed by atoms with Gasteiger partial charge in [0.15, 0.2) is 0 Å². The lowest BCUT2D eigenvalue weighted by Gasteiger charge is -2.23. The molecule has 0 saturated carbocycles. The van der Waals surface area contributed by atoms with Crippen LogP contribution in [-0.2, 0) is 6.54 Å². The lowest BCUT2D eigenvalue weighted by molar-refractivity contribution is 0.212. The van der Waals surface area contributed by atoms with Crippen LogP contribution < -0.4 is 5.32 Å². The largest absolute Gasteiger partial charge is 0.347 e. The van der Waals surface area contributed by atoms with E-state index in [1.54, 1.807) is 0 Å². The molecular formula is C20H26N4O. The van der Waals surface area contributed by atoms with Gasteiger partial charge >= 0.3 is 6.03 Å². The number of nitrogens with zero attached hydrogens (tertiary/aromatic N) is 3. The maximum Gasteiger partial charge on any atom is 0.321 e. The third-order valence-corrected chi connectivity index (χ3v) is 5.30. The number of benzene rings is 1. The number of urea groups is 1. The number of amides is 2. The van der Waals surface area contributed by atoms with Crippen molar-refractivity contribution in [2.75, 3.05) is 31.5 Å². The molecule has 1 N–H and O–H groups in total. The zero-order chi connectivity index (χ0) is 17.2. The summed E-state index contributed by atoms with van der Waals surface area (Å²) in [5.74, 6) is 0. The van der Waals surface area contributed by atoms with Gasteiger partial charge in [-0.25, -0.2) is 4.79 Å². The molecule has 1 aromatic heterocycles. The van der Waals surface area contributed by atoms with Crippen LogP contribution in [0.4, 0.5) is 10.5 Å². The monoisotopic (exact) mass is 338 g/mol. The second-order valence-corrected chi connectivity index (χ2v) is 7.03. The van der Waals surface area contributed by atoms with Gasteiger partial charge in [-0.05, 0) is 37.1 Å². The molecule has 5 nitrogen and oxygen atoms in total. The topological polar surface area (TPSA) is 40.5 Å². The number of likely N-dealkylation sites (tertiary alicyclic amines) is 1. The van der Waals surface area contributed by atoms with Crippen molar-refractivity contribution in [2.45, 2.75) is 32.4 Å². The molecule has 2 aliphatic heterocycles. The van der Waals surface area contributed by atoms with Crippen LogP contribution in [0, 0.1) is 0 Å². The van der Waals surface area contributed by atoms with E-state index >= 15 is 0 Å². The van der Waals surface area contributed by atoms with Crippen LogP contribution >= 0.6 is 0 Å². The number of hydrogen-bond donors (Lipinski definition) is 1. The summed E-state index contributed by atoms with van der Waals surface area (Å²) in [5, 5.41) is 4.25. The van der Waals surface area contributed by atoms with E-state index in [-0.39, 0.29) is 6.03 Å². The Hall–Kier alpha value is -2.27. The van der Waals surface area contributed by atoms with Crippen molar-refractivity contribution >= 4 is 22.6 Å². The molecule has 2 aromatic rings. The van der Waals surface area contributed by atoms with Crippen LogP contribution in [0.2, 0.25) is 0 Å². The first kappa shape index (κ1) is 16.2. The lowest BCUT2D eigenvalue weighted by Crippen LogP contribution is -2.38. The number of aryl methyl sites for hydroxylation is 1. The zero-order valence-electron chi connectivity index (χ0n) is 14.8. The van der Waals surface area contributed by atoms with Gasteiger partial charge in [0.1, 0.15) is 0 Å². The Morgan fingerprint density at radius 3 is 2.88 bits per heavy atom. The third kappa shape index (κ3) is 3.29. The van der Waals surface area contributed by atoms with Gasteiger partial charge in [-0.1, -0.05) is 19.1 Å². The van der Waals surface area contributed by atoms with Gasteiger partial charge < -0.3 is 14.8 Å². The molecule has 3 heterocycles. The standard InChI is InChI=1S/C20H26N4O/c1-2-9-23-12-7-16-14-17(5-6-19(16)23)21-20(25)24-13-8-18(15-24)22-10-3-4-11-22/h3-7,12,14,18H,2,8-11,13,15H2,1H3,(H,21,25). The molecule has 1 saturated heterocycles. The third-order valence-electron chi connectivity index (χ3n) is 5.30. The predicted octanol–water partition coefficient (Wildman–Crippen LogP) is 3.53. The first-order chi connectivity index (χ1) is 12.2. The highest BCUT2D eigenvalue weighted by Crippen LogP contribution is 2.23. The van der Waals surface area contributed by atoms with Crippen molar-refractivity contribution < 1.29 is 4.79 Å². The number of rotatable bonds is 4. The molecule has 1 aromatic carbocycles. The average Bonchev–Trinajstić information content (AvgIpc) is 3.35. The highest BCUT2D eigenvalue weighted by Gasteiger charge is 2.30. The van der Waals surface area contributed by atoms with Crippen LogP contribution in [-0.4, -0.2) is 52.6 Å². The Balaban J connectivity index is 1.40. The summed E-state index contributed by atoms with van der Waals surface area (Å²) in [6.07, 6.45) is 8.72. The van der Waals surface area contributed by atoms with E-state index < -0.39 is 0 Å². The van der Waals surface area contributed by atoms with E-state index in [2.05, 4.69) is 58.3 Å². The summed E-state index contributed by atoms with van der Waals surface area (Å²) < 4.78 is 2.26. The minimum absolute atomic E-state index is 0.0157. The number of fused-ring (bicyclic) bond motifs is 1. The summed E-state index contributed by atoms with van der Waals surface area (Å²) in [6.45, 7) is 6.90. The van der Waals surface area contributed by atoms with Gasteiger partial charge in [-0.2, -0.15) is 0 Å². The minimum Gasteiger partial charge on any atom is -0.347 e. The van der Waals surface area contributed by atoms with Crippen molar-refractivity contribution in [1.29, 1.82) is 0 Å². The van der Waals surface area contributed by atoms with Crippen molar-refractivity contribution in [2.24, 2.45) is 0 Å². The molecule has 0 radical (unpaired) electrons. The Bertz CT molecular complexity index is 786. The molecular weight excluding hydrogens is 312 g/mol. The van der Waals surface area contributed by atoms with E-state index in [9.17, 15) is 4.79 Å². The fourth-order valence-corrected chi connectivity index (χ4v) is 3.93. The SMILES string of the molecule is CCCn1ccc2cc(NC(=O)N3CCC(N4CC=CC4)C3)ccc21. The van der Waals surface area contributed by atoms with Gasteiger partial charge in [-0.3, -0.25) is 4.90 Å². The molecule has 2 aliphatic rings. The first-order valence-corrected chi connectivity index (χ1v) is 9.28. The molecule has 0 bridgehead atoms. The van der Waals surface area contributed by atoms with Crippen LogP contribution in [0.3, 0.4) is 0 Å². The Morgan fingerprint density at radius 2 is 2.08 bits per heavy atom. The molecule has 25 heavy (non-hydrogen) atoms. The van der Waals surface area contributed by atoms with E-state index in [4.69, 9.17) is 0 Å². The van der Waals surface area contributed by atoms with E-state index in [1.807, 2.05) is 11.0 Å². The van der Waals surface area contributed by atoms with Gasteiger partial charge in [-0.15, -0.1) is 0 Å². The highest BCUT2D eigenvalue weighted by atomic mass is 16.2. The second kappa shape index (κ2) is 6.92. The smallest absolute Gasteiger partial charge is 0.321 e. The fraction of sp³-hybridized carbons (Fsp3) is 0.450. The maximum absolute atomic E-state index is 12.6.